The minimum atomic E-state index is -1.01. The fourth-order valence-corrected chi connectivity index (χ4v) is 1.68. The number of carboxylic acid groups (broad SMARTS) is 1. The van der Waals surface area contributed by atoms with E-state index in [2.05, 4.69) is 5.10 Å². The normalized spacial score (nSPS) is 10.3. The fourth-order valence-electron chi connectivity index (χ4n) is 1.68. The highest BCUT2D eigenvalue weighted by Gasteiger charge is 2.10. The van der Waals surface area contributed by atoms with Crippen LogP contribution in [0.25, 0.3) is 0 Å². The van der Waals surface area contributed by atoms with Gasteiger partial charge in [-0.3, -0.25) is 4.68 Å². The third kappa shape index (κ3) is 2.51. The van der Waals surface area contributed by atoms with E-state index in [4.69, 9.17) is 9.84 Å². The second-order valence-electron chi connectivity index (χ2n) is 3.98. The Labute approximate surface area is 105 Å². The highest BCUT2D eigenvalue weighted by atomic mass is 16.5. The average Bonchev–Trinajstić information content (AvgIpc) is 2.72. The van der Waals surface area contributed by atoms with Crippen molar-refractivity contribution in [3.63, 3.8) is 0 Å². The zero-order chi connectivity index (χ0) is 13.1. The van der Waals surface area contributed by atoms with Crippen molar-refractivity contribution in [2.45, 2.75) is 13.5 Å². The lowest BCUT2D eigenvalue weighted by Gasteiger charge is -2.05. The standard InChI is InChI=1S/C13H14N2O3/c1-9-7-12(13(16)17)14-15(9)8-10-3-5-11(18-2)6-4-10/h3-7H,8H2,1-2H3,(H,16,17). The van der Waals surface area contributed by atoms with Gasteiger partial charge in [-0.15, -0.1) is 0 Å². The van der Waals surface area contributed by atoms with E-state index in [0.29, 0.717) is 6.54 Å². The summed E-state index contributed by atoms with van der Waals surface area (Å²) in [7, 11) is 1.62. The minimum absolute atomic E-state index is 0.0704. The Kier molecular flexibility index (Phi) is 3.32. The van der Waals surface area contributed by atoms with Crippen molar-refractivity contribution in [2.75, 3.05) is 7.11 Å². The van der Waals surface area contributed by atoms with Gasteiger partial charge in [0.25, 0.3) is 0 Å². The molecule has 18 heavy (non-hydrogen) atoms. The van der Waals surface area contributed by atoms with Crippen LogP contribution in [0.2, 0.25) is 0 Å². The van der Waals surface area contributed by atoms with Gasteiger partial charge in [-0.25, -0.2) is 4.79 Å². The Balaban J connectivity index is 2.19. The Bertz CT molecular complexity index is 558. The highest BCUT2D eigenvalue weighted by Crippen LogP contribution is 2.13. The third-order valence-corrected chi connectivity index (χ3v) is 2.69. The van der Waals surface area contributed by atoms with E-state index in [1.165, 1.54) is 0 Å². The second-order valence-corrected chi connectivity index (χ2v) is 3.98. The predicted molar refractivity (Wildman–Crippen MR) is 66.0 cm³/mol. The summed E-state index contributed by atoms with van der Waals surface area (Å²) in [5.41, 5.74) is 1.93. The second kappa shape index (κ2) is 4.91. The first-order chi connectivity index (χ1) is 8.60. The topological polar surface area (TPSA) is 64.4 Å². The van der Waals surface area contributed by atoms with Crippen molar-refractivity contribution in [3.8, 4) is 5.75 Å². The number of aromatic nitrogens is 2. The van der Waals surface area contributed by atoms with Gasteiger partial charge < -0.3 is 9.84 Å². The Morgan fingerprint density at radius 3 is 2.56 bits per heavy atom. The van der Waals surface area contributed by atoms with Gasteiger partial charge in [-0.1, -0.05) is 12.1 Å². The number of aromatic carboxylic acids is 1. The molecule has 1 aromatic carbocycles. The van der Waals surface area contributed by atoms with Gasteiger partial charge in [0.05, 0.1) is 13.7 Å². The molecule has 1 N–H and O–H groups in total. The van der Waals surface area contributed by atoms with Crippen LogP contribution in [0.15, 0.2) is 30.3 Å². The molecule has 0 saturated carbocycles. The number of rotatable bonds is 4. The predicted octanol–water partition coefficient (Wildman–Crippen LogP) is 1.95. The van der Waals surface area contributed by atoms with E-state index >= 15 is 0 Å². The molecule has 0 spiro atoms. The van der Waals surface area contributed by atoms with E-state index < -0.39 is 5.97 Å². The van der Waals surface area contributed by atoms with Crippen molar-refractivity contribution in [1.82, 2.24) is 9.78 Å². The molecule has 0 bridgehead atoms. The van der Waals surface area contributed by atoms with Crippen molar-refractivity contribution >= 4 is 5.97 Å². The largest absolute Gasteiger partial charge is 0.497 e. The van der Waals surface area contributed by atoms with Crippen LogP contribution < -0.4 is 4.74 Å². The maximum Gasteiger partial charge on any atom is 0.356 e. The molecular weight excluding hydrogens is 232 g/mol. The summed E-state index contributed by atoms with van der Waals surface area (Å²) >= 11 is 0. The minimum Gasteiger partial charge on any atom is -0.497 e. The molecule has 2 rings (SSSR count). The number of benzene rings is 1. The third-order valence-electron chi connectivity index (χ3n) is 2.69. The van der Waals surface area contributed by atoms with Gasteiger partial charge in [-0.05, 0) is 30.7 Å². The lowest BCUT2D eigenvalue weighted by Crippen LogP contribution is -2.05. The maximum atomic E-state index is 10.8. The van der Waals surface area contributed by atoms with Crippen LogP contribution in [0.4, 0.5) is 0 Å². The zero-order valence-corrected chi connectivity index (χ0v) is 10.3. The summed E-state index contributed by atoms with van der Waals surface area (Å²) in [5, 5.41) is 12.9. The van der Waals surface area contributed by atoms with Crippen molar-refractivity contribution in [1.29, 1.82) is 0 Å². The van der Waals surface area contributed by atoms with Crippen LogP contribution in [0.1, 0.15) is 21.7 Å². The molecule has 0 fully saturated rings. The first kappa shape index (κ1) is 12.2. The van der Waals surface area contributed by atoms with E-state index in [1.807, 2.05) is 31.2 Å². The summed E-state index contributed by atoms with van der Waals surface area (Å²) in [4.78, 5) is 10.8. The number of nitrogens with zero attached hydrogens (tertiary/aromatic N) is 2. The number of methoxy groups -OCH3 is 1. The van der Waals surface area contributed by atoms with Crippen molar-refractivity contribution in [3.05, 3.63) is 47.3 Å². The lowest BCUT2D eigenvalue weighted by atomic mass is 10.2. The van der Waals surface area contributed by atoms with Crippen molar-refractivity contribution < 1.29 is 14.6 Å². The Morgan fingerprint density at radius 1 is 1.39 bits per heavy atom. The highest BCUT2D eigenvalue weighted by molar-refractivity contribution is 5.85. The fraction of sp³-hybridized carbons (Fsp3) is 0.231. The van der Waals surface area contributed by atoms with Crippen LogP contribution >= 0.6 is 0 Å². The molecule has 0 aliphatic rings. The molecule has 1 aromatic heterocycles. The Hall–Kier alpha value is -2.30. The smallest absolute Gasteiger partial charge is 0.356 e. The Morgan fingerprint density at radius 2 is 2.06 bits per heavy atom. The van der Waals surface area contributed by atoms with E-state index in [-0.39, 0.29) is 5.69 Å². The number of hydrogen-bond donors (Lipinski definition) is 1. The van der Waals surface area contributed by atoms with Crippen molar-refractivity contribution in [2.24, 2.45) is 0 Å². The molecule has 0 aliphatic carbocycles. The summed E-state index contributed by atoms with van der Waals surface area (Å²) in [5.74, 6) is -0.214. The average molecular weight is 246 g/mol. The van der Waals surface area contributed by atoms with Gasteiger partial charge in [0.1, 0.15) is 5.75 Å². The molecule has 0 atom stereocenters. The van der Waals surface area contributed by atoms with Gasteiger partial charge >= 0.3 is 5.97 Å². The molecule has 94 valence electrons. The molecule has 0 saturated heterocycles. The number of carbonyl (C=O) groups is 1. The molecule has 0 amide bonds. The van der Waals surface area contributed by atoms with Gasteiger partial charge in [0, 0.05) is 5.69 Å². The van der Waals surface area contributed by atoms with E-state index in [0.717, 1.165) is 17.0 Å². The summed E-state index contributed by atoms with van der Waals surface area (Å²) < 4.78 is 6.75. The van der Waals surface area contributed by atoms with Crippen LogP contribution in [0, 0.1) is 6.92 Å². The first-order valence-electron chi connectivity index (χ1n) is 5.51. The molecule has 2 aromatic rings. The summed E-state index contributed by atoms with van der Waals surface area (Å²) in [6.07, 6.45) is 0. The van der Waals surface area contributed by atoms with Crippen LogP contribution in [0.3, 0.4) is 0 Å². The van der Waals surface area contributed by atoms with Crippen LogP contribution in [-0.4, -0.2) is 28.0 Å². The molecule has 5 heteroatoms. The number of aryl methyl sites for hydroxylation is 1. The number of ether oxygens (including phenoxy) is 1. The maximum absolute atomic E-state index is 10.8. The molecule has 0 aliphatic heterocycles. The number of hydrogen-bond acceptors (Lipinski definition) is 3. The quantitative estimate of drug-likeness (QED) is 0.895. The zero-order valence-electron chi connectivity index (χ0n) is 10.3. The molecular formula is C13H14N2O3. The summed E-state index contributed by atoms with van der Waals surface area (Å²) in [6.45, 7) is 2.38. The molecule has 0 unspecified atom stereocenters. The molecule has 0 radical (unpaired) electrons. The monoisotopic (exact) mass is 246 g/mol. The van der Waals surface area contributed by atoms with E-state index in [9.17, 15) is 4.79 Å². The molecule has 1 heterocycles. The molecule has 5 nitrogen and oxygen atoms in total. The van der Waals surface area contributed by atoms with Gasteiger partial charge in [0.2, 0.25) is 0 Å². The first-order valence-corrected chi connectivity index (χ1v) is 5.51. The summed E-state index contributed by atoms with van der Waals surface area (Å²) in [6, 6.07) is 9.16. The van der Waals surface area contributed by atoms with E-state index in [1.54, 1.807) is 17.9 Å². The van der Waals surface area contributed by atoms with Crippen LogP contribution in [0.5, 0.6) is 5.75 Å². The van der Waals surface area contributed by atoms with Gasteiger partial charge in [0.15, 0.2) is 5.69 Å². The lowest BCUT2D eigenvalue weighted by molar-refractivity contribution is 0.0689. The van der Waals surface area contributed by atoms with Gasteiger partial charge in [-0.2, -0.15) is 5.10 Å². The number of carboxylic acids is 1. The SMILES string of the molecule is COc1ccc(Cn2nc(C(=O)O)cc2C)cc1. The van der Waals surface area contributed by atoms with Crippen LogP contribution in [-0.2, 0) is 6.54 Å².